The Morgan fingerprint density at radius 3 is 0.524 bits per heavy atom. The average molecular weight is 898 g/mol. The molecular weight excluding hydrogens is 757 g/mol. The van der Waals surface area contributed by atoms with Crippen LogP contribution in [0, 0.1) is 130 Å². The number of rotatable bonds is 20. The van der Waals surface area contributed by atoms with E-state index in [0.29, 0.717) is 0 Å². The van der Waals surface area contributed by atoms with Gasteiger partial charge in [0.1, 0.15) is 0 Å². The molecule has 0 heteroatoms. The van der Waals surface area contributed by atoms with E-state index in [9.17, 15) is 0 Å². The zero-order valence-corrected chi connectivity index (χ0v) is 52.2. The average Bonchev–Trinajstić information content (AvgIpc) is 3.13. The Kier molecular flexibility index (Phi) is 56.1. The molecule has 0 amide bonds. The van der Waals surface area contributed by atoms with E-state index in [1.165, 1.54) is 32.1 Å². The van der Waals surface area contributed by atoms with E-state index in [1.807, 2.05) is 0 Å². The van der Waals surface area contributed by atoms with Crippen LogP contribution >= 0.6 is 0 Å². The zero-order chi connectivity index (χ0) is 52.2. The molecule has 0 N–H and O–H groups in total. The molecule has 0 aromatic rings. The van der Waals surface area contributed by atoms with Crippen LogP contribution in [-0.4, -0.2) is 0 Å². The first-order valence-electron chi connectivity index (χ1n) is 28.3. The molecule has 0 fully saturated rings. The first kappa shape index (κ1) is 77.2. The van der Waals surface area contributed by atoms with Gasteiger partial charge in [-0.1, -0.05) is 262 Å². The summed E-state index contributed by atoms with van der Waals surface area (Å²) in [5, 5.41) is 0. The van der Waals surface area contributed by atoms with Gasteiger partial charge in [0, 0.05) is 0 Å². The summed E-state index contributed by atoms with van der Waals surface area (Å²) >= 11 is 0. The van der Waals surface area contributed by atoms with E-state index in [-0.39, 0.29) is 0 Å². The SMILES string of the molecule is CC(C)C(C)C.CC(C)C(C)C(C)C.CC(C)C(C)C(C)C(C)C.CC(C)CC(C)C(C)C.CC(C)CC(C)C(C)C.CCC(C(C)C)C(C)C(C)C.CCC(CC(C)C)C(C)C. The van der Waals surface area contributed by atoms with E-state index < -0.39 is 0 Å². The predicted molar refractivity (Wildman–Crippen MR) is 304 cm³/mol. The van der Waals surface area contributed by atoms with Gasteiger partial charge in [-0.3, -0.25) is 0 Å². The largest absolute Gasteiger partial charge is 0.0651 e. The molecule has 63 heavy (non-hydrogen) atoms. The van der Waals surface area contributed by atoms with Gasteiger partial charge in [-0.05, 0) is 149 Å². The van der Waals surface area contributed by atoms with Crippen LogP contribution in [0.1, 0.15) is 281 Å². The molecule has 0 saturated heterocycles. The summed E-state index contributed by atoms with van der Waals surface area (Å²) in [7, 11) is 0. The minimum atomic E-state index is 0.831. The molecule has 0 aromatic carbocycles. The summed E-state index contributed by atoms with van der Waals surface area (Å²) in [5.74, 6) is 19.0. The van der Waals surface area contributed by atoms with E-state index in [2.05, 4.69) is 249 Å². The molecule has 0 aliphatic carbocycles. The van der Waals surface area contributed by atoms with Crippen molar-refractivity contribution in [3.8, 4) is 0 Å². The van der Waals surface area contributed by atoms with Crippen molar-refractivity contribution in [2.45, 2.75) is 281 Å². The highest BCUT2D eigenvalue weighted by Crippen LogP contribution is 2.29. The minimum Gasteiger partial charge on any atom is -0.0651 e. The summed E-state index contributed by atoms with van der Waals surface area (Å²) in [6.07, 6.45) is 6.82. The second-order valence-electron chi connectivity index (χ2n) is 26.2. The summed E-state index contributed by atoms with van der Waals surface area (Å²) in [6.45, 7) is 83.0. The lowest BCUT2D eigenvalue weighted by molar-refractivity contribution is 0.208. The Morgan fingerprint density at radius 2 is 0.460 bits per heavy atom. The zero-order valence-electron chi connectivity index (χ0n) is 52.2. The third-order valence-electron chi connectivity index (χ3n) is 15.6. The molecule has 0 saturated carbocycles. The number of hydrogen-bond donors (Lipinski definition) is 0. The lowest BCUT2D eigenvalue weighted by Gasteiger charge is -2.29. The van der Waals surface area contributed by atoms with Crippen molar-refractivity contribution in [2.24, 2.45) is 130 Å². The summed E-state index contributed by atoms with van der Waals surface area (Å²) in [6, 6.07) is 0. The van der Waals surface area contributed by atoms with Crippen molar-refractivity contribution in [3.63, 3.8) is 0 Å². The van der Waals surface area contributed by atoms with Crippen LogP contribution in [0.5, 0.6) is 0 Å². The first-order chi connectivity index (χ1) is 28.3. The Balaban J connectivity index is -0.000000117. The first-order valence-corrected chi connectivity index (χ1v) is 28.3. The molecule has 0 heterocycles. The van der Waals surface area contributed by atoms with Crippen molar-refractivity contribution in [3.05, 3.63) is 0 Å². The van der Waals surface area contributed by atoms with Crippen molar-refractivity contribution in [1.82, 2.24) is 0 Å². The van der Waals surface area contributed by atoms with Crippen molar-refractivity contribution < 1.29 is 0 Å². The smallest absolute Gasteiger partial charge is 0.0365 e. The maximum Gasteiger partial charge on any atom is -0.0365 e. The molecule has 0 radical (unpaired) electrons. The third-order valence-corrected chi connectivity index (χ3v) is 15.6. The Hall–Kier alpha value is 0. The maximum atomic E-state index is 2.39. The van der Waals surface area contributed by atoms with E-state index in [1.54, 1.807) is 0 Å². The molecule has 0 aliphatic rings. The van der Waals surface area contributed by atoms with Gasteiger partial charge in [-0.2, -0.15) is 0 Å². The molecular formula is C63H140. The molecule has 0 aromatic heterocycles. The van der Waals surface area contributed by atoms with Gasteiger partial charge in [0.2, 0.25) is 0 Å². The third kappa shape index (κ3) is 54.5. The van der Waals surface area contributed by atoms with Crippen molar-refractivity contribution in [1.29, 1.82) is 0 Å². The van der Waals surface area contributed by atoms with Crippen LogP contribution in [0.15, 0.2) is 0 Å². The van der Waals surface area contributed by atoms with E-state index >= 15 is 0 Å². The van der Waals surface area contributed by atoms with Crippen LogP contribution in [0.3, 0.4) is 0 Å². The fraction of sp³-hybridized carbons (Fsp3) is 1.00. The predicted octanol–water partition coefficient (Wildman–Crippen LogP) is 23.1. The van der Waals surface area contributed by atoms with Crippen LogP contribution < -0.4 is 0 Å². The Morgan fingerprint density at radius 1 is 0.206 bits per heavy atom. The minimum absolute atomic E-state index is 0.831. The lowest BCUT2D eigenvalue weighted by atomic mass is 9.77. The van der Waals surface area contributed by atoms with Gasteiger partial charge in [0.25, 0.3) is 0 Å². The van der Waals surface area contributed by atoms with Gasteiger partial charge < -0.3 is 0 Å². The topological polar surface area (TPSA) is 0 Å². The summed E-state index contributed by atoms with van der Waals surface area (Å²) in [4.78, 5) is 0. The van der Waals surface area contributed by atoms with Gasteiger partial charge >= 0.3 is 0 Å². The molecule has 0 bridgehead atoms. The molecule has 7 unspecified atom stereocenters. The molecule has 0 spiro atoms. The van der Waals surface area contributed by atoms with Crippen LogP contribution in [0.25, 0.3) is 0 Å². The van der Waals surface area contributed by atoms with Crippen molar-refractivity contribution >= 4 is 0 Å². The monoisotopic (exact) mass is 897 g/mol. The van der Waals surface area contributed by atoms with Gasteiger partial charge in [-0.15, -0.1) is 0 Å². The maximum absolute atomic E-state index is 2.39. The van der Waals surface area contributed by atoms with Crippen LogP contribution in [-0.2, 0) is 0 Å². The highest BCUT2D eigenvalue weighted by molar-refractivity contribution is 4.71. The van der Waals surface area contributed by atoms with Gasteiger partial charge in [-0.25, -0.2) is 0 Å². The fourth-order valence-electron chi connectivity index (χ4n) is 7.48. The Labute approximate surface area is 409 Å². The highest BCUT2D eigenvalue weighted by Gasteiger charge is 2.21. The normalized spacial score (nSPS) is 15.1. The van der Waals surface area contributed by atoms with E-state index in [4.69, 9.17) is 0 Å². The van der Waals surface area contributed by atoms with Gasteiger partial charge in [0.05, 0.1) is 0 Å². The van der Waals surface area contributed by atoms with Gasteiger partial charge in [0.15, 0.2) is 0 Å². The van der Waals surface area contributed by atoms with E-state index in [0.717, 1.165) is 130 Å². The summed E-state index contributed by atoms with van der Waals surface area (Å²) in [5.41, 5.74) is 0. The lowest BCUT2D eigenvalue weighted by Crippen LogP contribution is -2.21. The quantitative estimate of drug-likeness (QED) is 0.114. The van der Waals surface area contributed by atoms with Crippen molar-refractivity contribution in [2.75, 3.05) is 0 Å². The fourth-order valence-corrected chi connectivity index (χ4v) is 7.48. The second-order valence-corrected chi connectivity index (χ2v) is 26.2. The molecule has 0 nitrogen and oxygen atoms in total. The Bertz CT molecular complexity index is 791. The molecule has 0 aliphatic heterocycles. The van der Waals surface area contributed by atoms with Crippen LogP contribution in [0.2, 0.25) is 0 Å². The molecule has 392 valence electrons. The standard InChI is InChI=1S/C11H24.2C10H22.2C9H20.C8H18.C6H14/c1-7-11(9(4)5)10(6)8(2)3;1-7(2)9(5)10(6)8(3)4;1-6-10(9(4)5)7-8(2)3;2*1-7(2)6-9(5)8(3)4;1-6(2)8(5)7(3)4;1-5(2)6(3)4/h8-11H,7H2,1-6H3;7-10H,1-6H3;8-10H,6-7H2,1-5H3;2*7-9H,6H2,1-5H3;6-8H,1-5H3;5-6H,1-4H3. The summed E-state index contributed by atoms with van der Waals surface area (Å²) < 4.78 is 0. The second kappa shape index (κ2) is 45.8. The highest BCUT2D eigenvalue weighted by atomic mass is 14.3. The molecule has 7 atom stereocenters. The molecule has 0 rings (SSSR count). The van der Waals surface area contributed by atoms with Crippen LogP contribution in [0.4, 0.5) is 0 Å². The number of hydrogen-bond acceptors (Lipinski definition) is 0.